The second kappa shape index (κ2) is 7.03. The van der Waals surface area contributed by atoms with Gasteiger partial charge < -0.3 is 20.6 Å². The summed E-state index contributed by atoms with van der Waals surface area (Å²) in [7, 11) is 0. The molecule has 26 heavy (non-hydrogen) atoms. The van der Waals surface area contributed by atoms with E-state index < -0.39 is 17.7 Å². The van der Waals surface area contributed by atoms with Gasteiger partial charge in [-0.25, -0.2) is 4.79 Å². The Morgan fingerprint density at radius 2 is 1.92 bits per heavy atom. The maximum atomic E-state index is 12.6. The molecule has 9 nitrogen and oxygen atoms in total. The lowest BCUT2D eigenvalue weighted by Crippen LogP contribution is -2.49. The van der Waals surface area contributed by atoms with Crippen LogP contribution in [0.2, 0.25) is 0 Å². The van der Waals surface area contributed by atoms with Gasteiger partial charge in [0.25, 0.3) is 5.91 Å². The summed E-state index contributed by atoms with van der Waals surface area (Å²) in [6.45, 7) is 0.757. The van der Waals surface area contributed by atoms with Crippen LogP contribution in [0.3, 0.4) is 0 Å². The first-order valence-corrected chi connectivity index (χ1v) is 8.25. The minimum atomic E-state index is -1.07. The van der Waals surface area contributed by atoms with Gasteiger partial charge in [0.1, 0.15) is 12.1 Å². The summed E-state index contributed by atoms with van der Waals surface area (Å²) in [5.74, 6) is 3.93. The Labute approximate surface area is 150 Å². The Bertz CT molecular complexity index is 738. The first kappa shape index (κ1) is 17.7. The molecule has 2 fully saturated rings. The molecule has 0 saturated carbocycles. The van der Waals surface area contributed by atoms with E-state index in [0.29, 0.717) is 31.5 Å². The molecular weight excluding hydrogens is 340 g/mol. The SMILES string of the molecule is NN=Cc1ccc(C(=O)N2CCC3(CC2)CN(CC(=O)O)C(=O)O3)cc1. The number of rotatable bonds is 4. The number of piperidine rings is 1. The molecule has 2 aliphatic heterocycles. The summed E-state index contributed by atoms with van der Waals surface area (Å²) in [6, 6.07) is 6.96. The van der Waals surface area contributed by atoms with Crippen LogP contribution in [-0.2, 0) is 9.53 Å². The molecule has 9 heteroatoms. The van der Waals surface area contributed by atoms with Gasteiger partial charge in [0.2, 0.25) is 0 Å². The van der Waals surface area contributed by atoms with E-state index in [1.54, 1.807) is 29.2 Å². The standard InChI is InChI=1S/C17H20N4O5/c18-19-9-12-1-3-13(4-2-12)15(24)20-7-5-17(6-8-20)11-21(10-14(22)23)16(25)26-17/h1-4,9H,5-8,10-11,18H2,(H,22,23). The van der Waals surface area contributed by atoms with Crippen LogP contribution in [0.1, 0.15) is 28.8 Å². The molecule has 3 rings (SSSR count). The van der Waals surface area contributed by atoms with Crippen molar-refractivity contribution in [3.05, 3.63) is 35.4 Å². The molecule has 1 aromatic carbocycles. The number of carboxylic acid groups (broad SMARTS) is 1. The highest BCUT2D eigenvalue weighted by Crippen LogP contribution is 2.33. The first-order valence-electron chi connectivity index (χ1n) is 8.25. The number of carbonyl (C=O) groups excluding carboxylic acids is 2. The maximum Gasteiger partial charge on any atom is 0.411 e. The Morgan fingerprint density at radius 3 is 2.50 bits per heavy atom. The van der Waals surface area contributed by atoms with Gasteiger partial charge in [-0.3, -0.25) is 14.5 Å². The molecule has 0 radical (unpaired) electrons. The molecule has 2 heterocycles. The van der Waals surface area contributed by atoms with Crippen molar-refractivity contribution in [3.63, 3.8) is 0 Å². The van der Waals surface area contributed by atoms with Gasteiger partial charge in [-0.15, -0.1) is 0 Å². The van der Waals surface area contributed by atoms with Crippen molar-refractivity contribution in [1.29, 1.82) is 0 Å². The van der Waals surface area contributed by atoms with Gasteiger partial charge in [-0.05, 0) is 17.7 Å². The van der Waals surface area contributed by atoms with Gasteiger partial charge in [0.15, 0.2) is 0 Å². The van der Waals surface area contributed by atoms with Crippen molar-refractivity contribution in [2.45, 2.75) is 18.4 Å². The fourth-order valence-electron chi connectivity index (χ4n) is 3.34. The van der Waals surface area contributed by atoms with Crippen LogP contribution in [0, 0.1) is 0 Å². The van der Waals surface area contributed by atoms with Gasteiger partial charge >= 0.3 is 12.1 Å². The highest BCUT2D eigenvalue weighted by atomic mass is 16.6. The molecule has 1 aromatic rings. The number of carbonyl (C=O) groups is 3. The van der Waals surface area contributed by atoms with E-state index in [1.807, 2.05) is 0 Å². The zero-order valence-electron chi connectivity index (χ0n) is 14.1. The number of carboxylic acids is 1. The monoisotopic (exact) mass is 360 g/mol. The molecule has 0 bridgehead atoms. The van der Waals surface area contributed by atoms with E-state index in [1.165, 1.54) is 11.1 Å². The molecular formula is C17H20N4O5. The Morgan fingerprint density at radius 1 is 1.27 bits per heavy atom. The minimum Gasteiger partial charge on any atom is -0.480 e. The highest BCUT2D eigenvalue weighted by molar-refractivity contribution is 5.95. The van der Waals surface area contributed by atoms with Gasteiger partial charge in [0.05, 0.1) is 12.8 Å². The summed E-state index contributed by atoms with van der Waals surface area (Å²) >= 11 is 0. The van der Waals surface area contributed by atoms with Crippen LogP contribution in [-0.4, -0.2) is 70.9 Å². The number of hydrogen-bond donors (Lipinski definition) is 2. The van der Waals surface area contributed by atoms with E-state index in [4.69, 9.17) is 15.7 Å². The number of likely N-dealkylation sites (tertiary alicyclic amines) is 1. The summed E-state index contributed by atoms with van der Waals surface area (Å²) in [5, 5.41) is 12.3. The number of hydrogen-bond acceptors (Lipinski definition) is 6. The Hall–Kier alpha value is -3.10. The predicted octanol–water partition coefficient (Wildman–Crippen LogP) is 0.491. The quantitative estimate of drug-likeness (QED) is 0.457. The van der Waals surface area contributed by atoms with Crippen molar-refractivity contribution < 1.29 is 24.2 Å². The van der Waals surface area contributed by atoms with Gasteiger partial charge in [0, 0.05) is 31.5 Å². The zero-order valence-corrected chi connectivity index (χ0v) is 14.1. The zero-order chi connectivity index (χ0) is 18.7. The van der Waals surface area contributed by atoms with Crippen LogP contribution in [0.15, 0.2) is 29.4 Å². The normalized spacial score (nSPS) is 19.2. The van der Waals surface area contributed by atoms with Crippen LogP contribution in [0.5, 0.6) is 0 Å². The number of nitrogens with two attached hydrogens (primary N) is 1. The smallest absolute Gasteiger partial charge is 0.411 e. The highest BCUT2D eigenvalue weighted by Gasteiger charge is 2.47. The fourth-order valence-corrected chi connectivity index (χ4v) is 3.34. The van der Waals surface area contributed by atoms with E-state index in [2.05, 4.69) is 5.10 Å². The lowest BCUT2D eigenvalue weighted by molar-refractivity contribution is -0.137. The lowest BCUT2D eigenvalue weighted by Gasteiger charge is -2.37. The summed E-state index contributed by atoms with van der Waals surface area (Å²) in [4.78, 5) is 38.2. The average Bonchev–Trinajstić information content (AvgIpc) is 2.90. The molecule has 0 aromatic heterocycles. The molecule has 0 atom stereocenters. The van der Waals surface area contributed by atoms with E-state index in [0.717, 1.165) is 5.56 Å². The van der Waals surface area contributed by atoms with Crippen molar-refractivity contribution in [2.24, 2.45) is 10.9 Å². The molecule has 138 valence electrons. The summed E-state index contributed by atoms with van der Waals surface area (Å²) in [5.41, 5.74) is 0.661. The van der Waals surface area contributed by atoms with Crippen LogP contribution in [0.25, 0.3) is 0 Å². The van der Waals surface area contributed by atoms with Crippen LogP contribution in [0.4, 0.5) is 4.79 Å². The lowest BCUT2D eigenvalue weighted by atomic mass is 9.91. The number of benzene rings is 1. The third-order valence-electron chi connectivity index (χ3n) is 4.71. The molecule has 2 aliphatic rings. The minimum absolute atomic E-state index is 0.0946. The molecule has 3 N–H and O–H groups in total. The third-order valence-corrected chi connectivity index (χ3v) is 4.71. The topological polar surface area (TPSA) is 126 Å². The first-order chi connectivity index (χ1) is 12.4. The predicted molar refractivity (Wildman–Crippen MR) is 91.8 cm³/mol. The van der Waals surface area contributed by atoms with Gasteiger partial charge in [-0.1, -0.05) is 12.1 Å². The molecule has 1 spiro atoms. The fraction of sp³-hybridized carbons (Fsp3) is 0.412. The van der Waals surface area contributed by atoms with E-state index >= 15 is 0 Å². The summed E-state index contributed by atoms with van der Waals surface area (Å²) in [6.07, 6.45) is 1.86. The van der Waals surface area contributed by atoms with Crippen LogP contribution < -0.4 is 5.84 Å². The Kier molecular flexibility index (Phi) is 4.79. The number of nitrogens with zero attached hydrogens (tertiary/aromatic N) is 3. The molecule has 0 aliphatic carbocycles. The van der Waals surface area contributed by atoms with Gasteiger partial charge in [-0.2, -0.15) is 5.10 Å². The summed E-state index contributed by atoms with van der Waals surface area (Å²) < 4.78 is 5.44. The van der Waals surface area contributed by atoms with Crippen LogP contribution >= 0.6 is 0 Å². The Balaban J connectivity index is 1.60. The van der Waals surface area contributed by atoms with Crippen molar-refractivity contribution in [1.82, 2.24) is 9.80 Å². The number of aliphatic carboxylic acids is 1. The second-order valence-corrected chi connectivity index (χ2v) is 6.49. The molecule has 0 unspecified atom stereocenters. The average molecular weight is 360 g/mol. The molecule has 2 amide bonds. The number of hydrazone groups is 1. The van der Waals surface area contributed by atoms with Crippen molar-refractivity contribution >= 4 is 24.2 Å². The second-order valence-electron chi connectivity index (χ2n) is 6.49. The maximum absolute atomic E-state index is 12.6. The van der Waals surface area contributed by atoms with E-state index in [9.17, 15) is 14.4 Å². The largest absolute Gasteiger partial charge is 0.480 e. The van der Waals surface area contributed by atoms with Crippen molar-refractivity contribution in [2.75, 3.05) is 26.2 Å². The molecule has 2 saturated heterocycles. The van der Waals surface area contributed by atoms with E-state index in [-0.39, 0.29) is 19.0 Å². The third kappa shape index (κ3) is 3.61. The number of amides is 2. The number of ether oxygens (including phenoxy) is 1. The van der Waals surface area contributed by atoms with Crippen molar-refractivity contribution in [3.8, 4) is 0 Å².